The van der Waals surface area contributed by atoms with E-state index < -0.39 is 9.84 Å². The summed E-state index contributed by atoms with van der Waals surface area (Å²) in [5.74, 6) is 1.19. The summed E-state index contributed by atoms with van der Waals surface area (Å²) >= 11 is 16.1. The van der Waals surface area contributed by atoms with Gasteiger partial charge in [-0.05, 0) is 71.1 Å². The van der Waals surface area contributed by atoms with Crippen molar-refractivity contribution in [2.75, 3.05) is 24.7 Å². The standard InChI is InChI=1S/C25H24BrCl2N5O3S/c1-15-9-16(12-29)10-22(28)23(15)36-24-20(26)13-30-25(32-24)31-18-5-7-33(8-6-18)14-17-3-4-19(11-21(17)27)37(2,34)35/h3-4,9-11,13,18H,5-8,14H2,1-2H3,(H,30,31,32). The highest BCUT2D eigenvalue weighted by atomic mass is 79.9. The molecule has 1 fully saturated rings. The fourth-order valence-electron chi connectivity index (χ4n) is 4.06. The zero-order chi connectivity index (χ0) is 26.7. The Morgan fingerprint density at radius 1 is 1.22 bits per heavy atom. The highest BCUT2D eigenvalue weighted by Gasteiger charge is 2.22. The Hall–Kier alpha value is -2.42. The van der Waals surface area contributed by atoms with Crippen LogP contribution < -0.4 is 10.1 Å². The lowest BCUT2D eigenvalue weighted by Gasteiger charge is -2.32. The summed E-state index contributed by atoms with van der Waals surface area (Å²) in [6.45, 7) is 4.13. The molecule has 1 N–H and O–H groups in total. The number of rotatable bonds is 7. The maximum atomic E-state index is 11.7. The molecule has 4 rings (SSSR count). The van der Waals surface area contributed by atoms with Gasteiger partial charge in [0.2, 0.25) is 11.8 Å². The van der Waals surface area contributed by atoms with Crippen molar-refractivity contribution in [3.63, 3.8) is 0 Å². The van der Waals surface area contributed by atoms with Crippen LogP contribution in [0.25, 0.3) is 0 Å². The van der Waals surface area contributed by atoms with Crippen molar-refractivity contribution in [2.24, 2.45) is 0 Å². The van der Waals surface area contributed by atoms with E-state index in [1.165, 1.54) is 12.3 Å². The number of aromatic nitrogens is 2. The van der Waals surface area contributed by atoms with Crippen molar-refractivity contribution in [1.82, 2.24) is 14.9 Å². The minimum absolute atomic E-state index is 0.175. The van der Waals surface area contributed by atoms with Gasteiger partial charge in [-0.25, -0.2) is 13.4 Å². The maximum absolute atomic E-state index is 11.7. The van der Waals surface area contributed by atoms with E-state index in [9.17, 15) is 8.42 Å². The summed E-state index contributed by atoms with van der Waals surface area (Å²) in [6, 6.07) is 10.4. The number of hydrogen-bond acceptors (Lipinski definition) is 8. The molecule has 0 bridgehead atoms. The molecule has 0 saturated carbocycles. The fraction of sp³-hybridized carbons (Fsp3) is 0.320. The van der Waals surface area contributed by atoms with E-state index >= 15 is 0 Å². The molecule has 194 valence electrons. The number of halogens is 3. The van der Waals surface area contributed by atoms with Gasteiger partial charge in [-0.2, -0.15) is 10.2 Å². The van der Waals surface area contributed by atoms with Crippen LogP contribution in [0, 0.1) is 18.3 Å². The van der Waals surface area contributed by atoms with Crippen LogP contribution in [0.15, 0.2) is 45.9 Å². The van der Waals surface area contributed by atoms with Gasteiger partial charge >= 0.3 is 0 Å². The Bertz CT molecular complexity index is 1450. The Kier molecular flexibility index (Phi) is 8.61. The number of ether oxygens (including phenoxy) is 1. The number of likely N-dealkylation sites (tertiary alicyclic amines) is 1. The molecule has 0 amide bonds. The van der Waals surface area contributed by atoms with Gasteiger partial charge in [-0.15, -0.1) is 0 Å². The molecule has 2 aromatic carbocycles. The molecule has 0 unspecified atom stereocenters. The Morgan fingerprint density at radius 3 is 2.57 bits per heavy atom. The van der Waals surface area contributed by atoms with Crippen LogP contribution in [0.3, 0.4) is 0 Å². The normalized spacial score (nSPS) is 14.8. The number of sulfone groups is 1. The van der Waals surface area contributed by atoms with Crippen molar-refractivity contribution in [2.45, 2.75) is 37.2 Å². The van der Waals surface area contributed by atoms with Crippen LogP contribution in [-0.4, -0.2) is 48.7 Å². The molecular formula is C25H24BrCl2N5O3S. The summed E-state index contributed by atoms with van der Waals surface area (Å²) in [7, 11) is -3.29. The average molecular weight is 625 g/mol. The highest BCUT2D eigenvalue weighted by Crippen LogP contribution is 2.36. The average Bonchev–Trinajstić information content (AvgIpc) is 2.84. The number of nitriles is 1. The second kappa shape index (κ2) is 11.5. The van der Waals surface area contributed by atoms with Crippen molar-refractivity contribution < 1.29 is 13.2 Å². The minimum Gasteiger partial charge on any atom is -0.436 e. The van der Waals surface area contributed by atoms with Gasteiger partial charge in [-0.3, -0.25) is 4.90 Å². The molecule has 2 heterocycles. The zero-order valence-electron chi connectivity index (χ0n) is 20.1. The summed E-state index contributed by atoms with van der Waals surface area (Å²) < 4.78 is 30.0. The van der Waals surface area contributed by atoms with E-state index in [4.69, 9.17) is 33.2 Å². The third-order valence-electron chi connectivity index (χ3n) is 6.04. The number of nitrogens with zero attached hydrogens (tertiary/aromatic N) is 4. The lowest BCUT2D eigenvalue weighted by molar-refractivity contribution is 0.211. The smallest absolute Gasteiger partial charge is 0.238 e. The van der Waals surface area contributed by atoms with Crippen molar-refractivity contribution in [3.8, 4) is 17.7 Å². The van der Waals surface area contributed by atoms with Gasteiger partial charge in [0.15, 0.2) is 15.6 Å². The monoisotopic (exact) mass is 623 g/mol. The van der Waals surface area contributed by atoms with Crippen LogP contribution in [-0.2, 0) is 16.4 Å². The maximum Gasteiger partial charge on any atom is 0.238 e. The minimum atomic E-state index is -3.29. The van der Waals surface area contributed by atoms with Gasteiger partial charge < -0.3 is 10.1 Å². The first-order valence-electron chi connectivity index (χ1n) is 11.4. The molecule has 1 saturated heterocycles. The molecule has 0 aliphatic carbocycles. The third kappa shape index (κ3) is 6.92. The van der Waals surface area contributed by atoms with Gasteiger partial charge in [0.05, 0.1) is 32.2 Å². The molecule has 37 heavy (non-hydrogen) atoms. The summed E-state index contributed by atoms with van der Waals surface area (Å²) in [5.41, 5.74) is 2.08. The largest absolute Gasteiger partial charge is 0.436 e. The SMILES string of the molecule is Cc1cc(C#N)cc(Cl)c1Oc1nc(NC2CCN(Cc3ccc(S(C)(=O)=O)cc3Cl)CC2)ncc1Br. The first kappa shape index (κ1) is 27.6. The molecule has 0 radical (unpaired) electrons. The van der Waals surface area contributed by atoms with Crippen LogP contribution in [0.1, 0.15) is 29.5 Å². The summed E-state index contributed by atoms with van der Waals surface area (Å²) in [5, 5.41) is 13.3. The molecule has 12 heteroatoms. The van der Waals surface area contributed by atoms with E-state index in [0.717, 1.165) is 37.1 Å². The third-order valence-corrected chi connectivity index (χ3v) is 8.32. The lowest BCUT2D eigenvalue weighted by atomic mass is 10.0. The van der Waals surface area contributed by atoms with E-state index in [1.54, 1.807) is 30.5 Å². The van der Waals surface area contributed by atoms with Crippen LogP contribution >= 0.6 is 39.1 Å². The van der Waals surface area contributed by atoms with Crippen molar-refractivity contribution in [3.05, 3.63) is 67.7 Å². The second-order valence-corrected chi connectivity index (χ2v) is 12.6. The van der Waals surface area contributed by atoms with Gasteiger partial charge in [0, 0.05) is 37.0 Å². The predicted octanol–water partition coefficient (Wildman–Crippen LogP) is 6.00. The number of piperidine rings is 1. The second-order valence-electron chi connectivity index (χ2n) is 8.88. The zero-order valence-corrected chi connectivity index (χ0v) is 24.0. The molecule has 0 atom stereocenters. The first-order valence-corrected chi connectivity index (χ1v) is 14.9. The van der Waals surface area contributed by atoms with Crippen LogP contribution in [0.4, 0.5) is 5.95 Å². The number of hydrogen-bond donors (Lipinski definition) is 1. The van der Waals surface area contributed by atoms with E-state index in [1.807, 2.05) is 6.92 Å². The van der Waals surface area contributed by atoms with Crippen molar-refractivity contribution >= 4 is 54.9 Å². The molecular weight excluding hydrogens is 601 g/mol. The van der Waals surface area contributed by atoms with Crippen LogP contribution in [0.5, 0.6) is 11.6 Å². The number of anilines is 1. The highest BCUT2D eigenvalue weighted by molar-refractivity contribution is 9.10. The predicted molar refractivity (Wildman–Crippen MR) is 147 cm³/mol. The molecule has 1 aromatic heterocycles. The van der Waals surface area contributed by atoms with Crippen molar-refractivity contribution in [1.29, 1.82) is 5.26 Å². The number of nitrogens with one attached hydrogen (secondary N) is 1. The fourth-order valence-corrected chi connectivity index (χ4v) is 5.59. The van der Waals surface area contributed by atoms with Crippen LogP contribution in [0.2, 0.25) is 10.0 Å². The Labute approximate surface area is 234 Å². The summed E-state index contributed by atoms with van der Waals surface area (Å²) in [4.78, 5) is 11.4. The summed E-state index contributed by atoms with van der Waals surface area (Å²) in [6.07, 6.45) is 4.53. The topological polar surface area (TPSA) is 108 Å². The van der Waals surface area contributed by atoms with E-state index in [-0.39, 0.29) is 10.9 Å². The van der Waals surface area contributed by atoms with E-state index in [2.05, 4.69) is 42.2 Å². The molecule has 8 nitrogen and oxygen atoms in total. The molecule has 1 aliphatic heterocycles. The Morgan fingerprint density at radius 2 is 1.95 bits per heavy atom. The first-order chi connectivity index (χ1) is 17.5. The molecule has 1 aliphatic rings. The quantitative estimate of drug-likeness (QED) is 0.341. The molecule has 0 spiro atoms. The lowest BCUT2D eigenvalue weighted by Crippen LogP contribution is -2.39. The van der Waals surface area contributed by atoms with Gasteiger partial charge in [-0.1, -0.05) is 29.3 Å². The Balaban J connectivity index is 1.37. The van der Waals surface area contributed by atoms with Gasteiger partial charge in [0.25, 0.3) is 0 Å². The van der Waals surface area contributed by atoms with Gasteiger partial charge in [0.1, 0.15) is 0 Å². The number of aryl methyl sites for hydroxylation is 1. The number of benzene rings is 2. The molecule has 3 aromatic rings. The van der Waals surface area contributed by atoms with E-state index in [0.29, 0.717) is 44.2 Å².